The van der Waals surface area contributed by atoms with Gasteiger partial charge in [0.25, 0.3) is 0 Å². The van der Waals surface area contributed by atoms with E-state index in [4.69, 9.17) is 5.73 Å². The summed E-state index contributed by atoms with van der Waals surface area (Å²) in [5, 5.41) is 0.482. The van der Waals surface area contributed by atoms with E-state index in [1.807, 2.05) is 6.07 Å². The van der Waals surface area contributed by atoms with Crippen molar-refractivity contribution in [2.24, 2.45) is 5.73 Å². The number of aromatic nitrogens is 2. The van der Waals surface area contributed by atoms with Crippen LogP contribution in [0.25, 0.3) is 16.7 Å². The average molecular weight is 401 g/mol. The van der Waals surface area contributed by atoms with E-state index in [1.54, 1.807) is 6.20 Å². The lowest BCUT2D eigenvalue weighted by atomic mass is 9.78. The summed E-state index contributed by atoms with van der Waals surface area (Å²) in [6.07, 6.45) is 7.98. The Bertz CT molecular complexity index is 1160. The highest BCUT2D eigenvalue weighted by Crippen LogP contribution is 2.39. The number of aryl methyl sites for hydroxylation is 1. The highest BCUT2D eigenvalue weighted by molar-refractivity contribution is 7.97. The first-order chi connectivity index (χ1) is 14.2. The van der Waals surface area contributed by atoms with Gasteiger partial charge in [0.15, 0.2) is 0 Å². The topological polar surface area (TPSA) is 80.9 Å². The molecule has 0 radical (unpaired) electrons. The normalized spacial score (nSPS) is 14.3. The van der Waals surface area contributed by atoms with E-state index in [0.29, 0.717) is 5.16 Å². The van der Waals surface area contributed by atoms with Crippen LogP contribution in [-0.4, -0.2) is 16.0 Å². The van der Waals surface area contributed by atoms with Gasteiger partial charge in [-0.1, -0.05) is 42.5 Å². The summed E-state index contributed by atoms with van der Waals surface area (Å²) in [5.74, 6) is 0. The Morgan fingerprint density at radius 2 is 1.90 bits per heavy atom. The first-order valence-electron chi connectivity index (χ1n) is 9.65. The Balaban J connectivity index is 1.45. The number of nitrogens with one attached hydrogen (secondary N) is 1. The maximum Gasteiger partial charge on any atom is 0.322 e. The van der Waals surface area contributed by atoms with Crippen molar-refractivity contribution in [3.05, 3.63) is 82.7 Å². The van der Waals surface area contributed by atoms with Crippen LogP contribution in [0, 0.1) is 0 Å². The van der Waals surface area contributed by atoms with Crippen LogP contribution >= 0.6 is 11.9 Å². The molecule has 144 valence electrons. The minimum atomic E-state index is -0.610. The summed E-state index contributed by atoms with van der Waals surface area (Å²) in [6, 6.07) is 14.6. The van der Waals surface area contributed by atoms with Crippen molar-refractivity contribution in [2.45, 2.75) is 30.8 Å². The molecule has 0 saturated carbocycles. The van der Waals surface area contributed by atoms with Crippen LogP contribution in [-0.2, 0) is 25.7 Å². The molecule has 29 heavy (non-hydrogen) atoms. The van der Waals surface area contributed by atoms with E-state index >= 15 is 0 Å². The highest BCUT2D eigenvalue weighted by atomic mass is 32.2. The molecule has 0 aliphatic heterocycles. The number of carbonyl (C=O) groups is 1. The van der Waals surface area contributed by atoms with Crippen LogP contribution in [0.2, 0.25) is 0 Å². The average Bonchev–Trinajstić information content (AvgIpc) is 2.77. The number of nitrogens with zero attached hydrogens (tertiary/aromatic N) is 2. The van der Waals surface area contributed by atoms with Gasteiger partial charge in [0.1, 0.15) is 0 Å². The number of allylic oxidation sites excluding steroid dienone is 2. The van der Waals surface area contributed by atoms with Crippen molar-refractivity contribution in [2.75, 3.05) is 0 Å². The molecule has 0 bridgehead atoms. The minimum absolute atomic E-state index is 0.482. The summed E-state index contributed by atoms with van der Waals surface area (Å²) in [7, 11) is 0. The van der Waals surface area contributed by atoms with Crippen LogP contribution in [0.3, 0.4) is 0 Å². The standard InChI is InChI=1S/C23H20N4OS/c24-22(28)27-29-23-25-12-11-21(26-23)16-7-8-18-15(13-16)6-10-19-17-4-2-1-3-14(17)5-9-20(18)19/h1-4,6-7,10-12H,5,8-9,13H2,(H3,24,27,28). The molecule has 2 aliphatic rings. The molecule has 2 amide bonds. The number of amides is 2. The van der Waals surface area contributed by atoms with Crippen LogP contribution in [0.5, 0.6) is 0 Å². The number of urea groups is 1. The molecular formula is C23H20N4OS. The molecule has 0 saturated heterocycles. The zero-order chi connectivity index (χ0) is 19.8. The number of rotatable bonds is 3. The van der Waals surface area contributed by atoms with Crippen LogP contribution in [0.4, 0.5) is 4.79 Å². The number of benzene rings is 2. The van der Waals surface area contributed by atoms with E-state index < -0.39 is 6.03 Å². The smallest absolute Gasteiger partial charge is 0.322 e. The van der Waals surface area contributed by atoms with E-state index in [0.717, 1.165) is 43.3 Å². The first kappa shape index (κ1) is 17.9. The van der Waals surface area contributed by atoms with Gasteiger partial charge in [-0.2, -0.15) is 0 Å². The van der Waals surface area contributed by atoms with E-state index in [-0.39, 0.29) is 0 Å². The van der Waals surface area contributed by atoms with Gasteiger partial charge in [-0.05, 0) is 70.7 Å². The molecule has 3 N–H and O–H groups in total. The van der Waals surface area contributed by atoms with E-state index in [9.17, 15) is 4.79 Å². The minimum Gasteiger partial charge on any atom is -0.351 e. The highest BCUT2D eigenvalue weighted by Gasteiger charge is 2.23. The van der Waals surface area contributed by atoms with Gasteiger partial charge in [0.05, 0.1) is 5.69 Å². The molecule has 0 atom stereocenters. The third kappa shape index (κ3) is 3.40. The van der Waals surface area contributed by atoms with Gasteiger partial charge < -0.3 is 5.73 Å². The van der Waals surface area contributed by atoms with Gasteiger partial charge in [-0.15, -0.1) is 0 Å². The van der Waals surface area contributed by atoms with Crippen molar-refractivity contribution in [1.82, 2.24) is 14.7 Å². The summed E-state index contributed by atoms with van der Waals surface area (Å²) >= 11 is 1.03. The monoisotopic (exact) mass is 400 g/mol. The zero-order valence-electron chi connectivity index (χ0n) is 15.8. The zero-order valence-corrected chi connectivity index (χ0v) is 16.6. The third-order valence-electron chi connectivity index (χ3n) is 5.62. The predicted molar refractivity (Wildman–Crippen MR) is 115 cm³/mol. The first-order valence-corrected chi connectivity index (χ1v) is 10.5. The number of nitrogens with two attached hydrogens (primary N) is 1. The van der Waals surface area contributed by atoms with Gasteiger partial charge in [-0.25, -0.2) is 14.8 Å². The lowest BCUT2D eigenvalue weighted by Crippen LogP contribution is -2.23. The maximum atomic E-state index is 10.9. The van der Waals surface area contributed by atoms with Crippen molar-refractivity contribution in [3.8, 4) is 11.1 Å². The largest absolute Gasteiger partial charge is 0.351 e. The molecule has 5 nitrogen and oxygen atoms in total. The molecule has 0 spiro atoms. The lowest BCUT2D eigenvalue weighted by Gasteiger charge is -2.26. The Hall–Kier alpha value is -3.12. The summed E-state index contributed by atoms with van der Waals surface area (Å²) < 4.78 is 2.46. The van der Waals surface area contributed by atoms with E-state index in [1.165, 1.54) is 39.0 Å². The Morgan fingerprint density at radius 1 is 1.00 bits per heavy atom. The fourth-order valence-electron chi connectivity index (χ4n) is 4.32. The third-order valence-corrected chi connectivity index (χ3v) is 6.30. The number of hydrogen-bond donors (Lipinski definition) is 2. The van der Waals surface area contributed by atoms with Gasteiger partial charge >= 0.3 is 6.03 Å². The Labute approximate surface area is 173 Å². The van der Waals surface area contributed by atoms with Crippen molar-refractivity contribution in [1.29, 1.82) is 0 Å². The van der Waals surface area contributed by atoms with Gasteiger partial charge in [-0.3, -0.25) is 4.72 Å². The lowest BCUT2D eigenvalue weighted by molar-refractivity contribution is 0.254. The number of fused-ring (bicyclic) bond motifs is 5. The molecule has 0 unspecified atom stereocenters. The molecule has 1 aromatic heterocycles. The summed E-state index contributed by atoms with van der Waals surface area (Å²) in [4.78, 5) is 19.7. The molecule has 0 fully saturated rings. The summed E-state index contributed by atoms with van der Waals surface area (Å²) in [6.45, 7) is 0. The number of hydrogen-bond acceptors (Lipinski definition) is 4. The van der Waals surface area contributed by atoms with Crippen molar-refractivity contribution in [3.63, 3.8) is 0 Å². The molecular weight excluding hydrogens is 380 g/mol. The molecule has 2 aromatic carbocycles. The Morgan fingerprint density at radius 3 is 2.79 bits per heavy atom. The molecule has 3 aromatic rings. The SMILES string of the molecule is NC(=O)NSc1nccc(C2=CCc3c(ccc4c3CCc3ccccc3-4)C2)n1. The van der Waals surface area contributed by atoms with Crippen LogP contribution in [0.1, 0.15) is 27.9 Å². The fourth-order valence-corrected chi connectivity index (χ4v) is 4.77. The number of primary amides is 1. The molecule has 1 heterocycles. The van der Waals surface area contributed by atoms with Gasteiger partial charge in [0.2, 0.25) is 5.16 Å². The predicted octanol–water partition coefficient (Wildman–Crippen LogP) is 4.10. The molecule has 2 aliphatic carbocycles. The fraction of sp³-hybridized carbons (Fsp3) is 0.174. The van der Waals surface area contributed by atoms with Crippen molar-refractivity contribution >= 4 is 23.6 Å². The van der Waals surface area contributed by atoms with Crippen LogP contribution in [0.15, 0.2) is 59.9 Å². The summed E-state index contributed by atoms with van der Waals surface area (Å²) in [5.41, 5.74) is 15.8. The number of carbonyl (C=O) groups excluding carboxylic acids is 1. The second-order valence-corrected chi connectivity index (χ2v) is 8.06. The quantitative estimate of drug-likeness (QED) is 0.512. The molecule has 6 heteroatoms. The molecule has 5 rings (SSSR count). The van der Waals surface area contributed by atoms with Crippen molar-refractivity contribution < 1.29 is 4.79 Å². The van der Waals surface area contributed by atoms with E-state index in [2.05, 4.69) is 57.2 Å². The second-order valence-electron chi connectivity index (χ2n) is 7.29. The second kappa shape index (κ2) is 7.37. The van der Waals surface area contributed by atoms with Gasteiger partial charge in [0, 0.05) is 18.1 Å². The van der Waals surface area contributed by atoms with Crippen LogP contribution < -0.4 is 10.5 Å². The maximum absolute atomic E-state index is 10.9. The Kier molecular flexibility index (Phi) is 4.56.